The van der Waals surface area contributed by atoms with E-state index in [-0.39, 0.29) is 5.78 Å². The van der Waals surface area contributed by atoms with Crippen molar-refractivity contribution in [1.82, 2.24) is 0 Å². The van der Waals surface area contributed by atoms with E-state index in [1.807, 2.05) is 5.38 Å². The molecule has 1 aromatic heterocycles. The van der Waals surface area contributed by atoms with Crippen molar-refractivity contribution >= 4 is 22.1 Å². The van der Waals surface area contributed by atoms with Gasteiger partial charge in [0.2, 0.25) is 0 Å². The minimum atomic E-state index is 0.276. The molecule has 0 spiro atoms. The highest BCUT2D eigenvalue weighted by molar-refractivity contribution is 7.14. The van der Waals surface area contributed by atoms with Gasteiger partial charge >= 0.3 is 0 Å². The molecule has 2 rings (SSSR count). The van der Waals surface area contributed by atoms with Gasteiger partial charge in [-0.05, 0) is 18.9 Å². The minimum Gasteiger partial charge on any atom is -0.391 e. The van der Waals surface area contributed by atoms with Crippen LogP contribution in [0.3, 0.4) is 0 Å². The number of ketones is 1. The quantitative estimate of drug-likeness (QED) is 0.684. The second kappa shape index (κ2) is 2.34. The van der Waals surface area contributed by atoms with Gasteiger partial charge in [0, 0.05) is 16.9 Å². The van der Waals surface area contributed by atoms with Gasteiger partial charge in [0.1, 0.15) is 0 Å². The third-order valence-corrected chi connectivity index (χ3v) is 2.61. The number of rotatable bonds is 2. The molecular formula is C8H9NOS. The van der Waals surface area contributed by atoms with Crippen molar-refractivity contribution in [3.05, 3.63) is 17.0 Å². The maximum Gasteiger partial charge on any atom is 0.166 e. The molecule has 3 heteroatoms. The Bertz CT molecular complexity index is 288. The monoisotopic (exact) mass is 167 g/mol. The van der Waals surface area contributed by atoms with Crippen LogP contribution in [-0.2, 0) is 0 Å². The summed E-state index contributed by atoms with van der Waals surface area (Å²) in [7, 11) is 0. The molecule has 1 aromatic rings. The Kier molecular flexibility index (Phi) is 1.46. The first-order chi connectivity index (χ1) is 5.27. The van der Waals surface area contributed by atoms with Gasteiger partial charge in [-0.2, -0.15) is 0 Å². The summed E-state index contributed by atoms with van der Waals surface area (Å²) in [6.07, 6.45) is 2.13. The van der Waals surface area contributed by atoms with Crippen molar-refractivity contribution in [2.24, 2.45) is 5.92 Å². The van der Waals surface area contributed by atoms with E-state index in [1.54, 1.807) is 6.07 Å². The fourth-order valence-electron chi connectivity index (χ4n) is 1.06. The van der Waals surface area contributed by atoms with Gasteiger partial charge in [-0.1, -0.05) is 0 Å². The Morgan fingerprint density at radius 3 is 2.82 bits per heavy atom. The van der Waals surface area contributed by atoms with Crippen LogP contribution in [0.5, 0.6) is 0 Å². The molecule has 2 nitrogen and oxygen atoms in total. The molecule has 1 aliphatic carbocycles. The molecule has 1 saturated carbocycles. The lowest BCUT2D eigenvalue weighted by atomic mass is 10.1. The van der Waals surface area contributed by atoms with E-state index >= 15 is 0 Å². The first-order valence-electron chi connectivity index (χ1n) is 3.65. The average molecular weight is 167 g/mol. The summed E-state index contributed by atoms with van der Waals surface area (Å²) >= 11 is 1.43. The Morgan fingerprint density at radius 1 is 1.64 bits per heavy atom. The van der Waals surface area contributed by atoms with Gasteiger partial charge in [-0.25, -0.2) is 0 Å². The van der Waals surface area contributed by atoms with E-state index in [1.165, 1.54) is 11.3 Å². The van der Waals surface area contributed by atoms with Gasteiger partial charge < -0.3 is 5.73 Å². The molecule has 0 amide bonds. The van der Waals surface area contributed by atoms with E-state index in [9.17, 15) is 4.79 Å². The lowest BCUT2D eigenvalue weighted by molar-refractivity contribution is 0.0968. The number of anilines is 1. The van der Waals surface area contributed by atoms with Gasteiger partial charge in [-0.3, -0.25) is 4.79 Å². The number of thiophene rings is 1. The smallest absolute Gasteiger partial charge is 0.166 e. The highest BCUT2D eigenvalue weighted by Gasteiger charge is 2.30. The summed E-state index contributed by atoms with van der Waals surface area (Å²) < 4.78 is 0. The Hall–Kier alpha value is -0.830. The molecule has 0 radical (unpaired) electrons. The summed E-state index contributed by atoms with van der Waals surface area (Å²) in [5.41, 5.74) is 6.30. The van der Waals surface area contributed by atoms with Gasteiger partial charge in [0.05, 0.1) is 5.00 Å². The van der Waals surface area contributed by atoms with Crippen molar-refractivity contribution in [1.29, 1.82) is 0 Å². The molecule has 58 valence electrons. The predicted octanol–water partition coefficient (Wildman–Crippen LogP) is 1.92. The van der Waals surface area contributed by atoms with E-state index in [2.05, 4.69) is 0 Å². The lowest BCUT2D eigenvalue weighted by Gasteiger charge is -1.89. The van der Waals surface area contributed by atoms with Crippen molar-refractivity contribution in [2.75, 3.05) is 5.73 Å². The average Bonchev–Trinajstić information content (AvgIpc) is 2.74. The number of hydrogen-bond acceptors (Lipinski definition) is 3. The third kappa shape index (κ3) is 1.28. The predicted molar refractivity (Wildman–Crippen MR) is 45.8 cm³/mol. The summed E-state index contributed by atoms with van der Waals surface area (Å²) in [5, 5.41) is 2.57. The van der Waals surface area contributed by atoms with Gasteiger partial charge in [0.25, 0.3) is 0 Å². The molecule has 2 N–H and O–H groups in total. The molecule has 1 aliphatic rings. The molecule has 1 heterocycles. The number of hydrogen-bond donors (Lipinski definition) is 1. The molecule has 11 heavy (non-hydrogen) atoms. The van der Waals surface area contributed by atoms with E-state index < -0.39 is 0 Å². The van der Waals surface area contributed by atoms with E-state index in [4.69, 9.17) is 5.73 Å². The summed E-state index contributed by atoms with van der Waals surface area (Å²) in [4.78, 5) is 11.4. The van der Waals surface area contributed by atoms with Crippen molar-refractivity contribution < 1.29 is 4.79 Å². The van der Waals surface area contributed by atoms with Gasteiger partial charge in [-0.15, -0.1) is 11.3 Å². The number of carbonyl (C=O) groups excluding carboxylic acids is 1. The number of nitrogens with two attached hydrogens (primary N) is 1. The Labute approximate surface area is 69.0 Å². The number of Topliss-reactive ketones (excluding diaryl/α,β-unsaturated/α-hetero) is 1. The minimum absolute atomic E-state index is 0.276. The Balaban J connectivity index is 2.21. The van der Waals surface area contributed by atoms with Crippen LogP contribution < -0.4 is 5.73 Å². The zero-order valence-corrected chi connectivity index (χ0v) is 6.86. The van der Waals surface area contributed by atoms with Crippen molar-refractivity contribution in [2.45, 2.75) is 12.8 Å². The maximum atomic E-state index is 11.4. The van der Waals surface area contributed by atoms with Crippen LogP contribution in [0, 0.1) is 5.92 Å². The molecule has 0 unspecified atom stereocenters. The van der Waals surface area contributed by atoms with Crippen LogP contribution in [0.15, 0.2) is 11.4 Å². The fraction of sp³-hybridized carbons (Fsp3) is 0.375. The van der Waals surface area contributed by atoms with Crippen LogP contribution >= 0.6 is 11.3 Å². The second-order valence-corrected chi connectivity index (χ2v) is 3.82. The first-order valence-corrected chi connectivity index (χ1v) is 4.53. The first kappa shape index (κ1) is 6.85. The summed E-state index contributed by atoms with van der Waals surface area (Å²) in [5.74, 6) is 0.585. The van der Waals surface area contributed by atoms with E-state index in [0.717, 1.165) is 23.4 Å². The zero-order valence-electron chi connectivity index (χ0n) is 6.04. The SMILES string of the molecule is Nc1cc(C(=O)C2CC2)cs1. The standard InChI is InChI=1S/C8H9NOS/c9-7-3-6(4-11-7)8(10)5-1-2-5/h3-5H,1-2,9H2. The van der Waals surface area contributed by atoms with E-state index in [0.29, 0.717) is 5.92 Å². The largest absolute Gasteiger partial charge is 0.391 e. The van der Waals surface area contributed by atoms with Crippen molar-refractivity contribution in [3.63, 3.8) is 0 Å². The highest BCUT2D eigenvalue weighted by atomic mass is 32.1. The molecule has 0 saturated heterocycles. The van der Waals surface area contributed by atoms with Crippen LogP contribution in [0.25, 0.3) is 0 Å². The summed E-state index contributed by atoms with van der Waals surface area (Å²) in [6.45, 7) is 0. The molecule has 1 fully saturated rings. The van der Waals surface area contributed by atoms with Crippen LogP contribution in [0.4, 0.5) is 5.00 Å². The van der Waals surface area contributed by atoms with Crippen molar-refractivity contribution in [3.8, 4) is 0 Å². The zero-order chi connectivity index (χ0) is 7.84. The summed E-state index contributed by atoms with van der Waals surface area (Å²) in [6, 6.07) is 1.77. The van der Waals surface area contributed by atoms with Crippen LogP contribution in [0.1, 0.15) is 23.2 Å². The topological polar surface area (TPSA) is 43.1 Å². The lowest BCUT2D eigenvalue weighted by Crippen LogP contribution is -1.98. The fourth-order valence-corrected chi connectivity index (χ4v) is 1.71. The maximum absolute atomic E-state index is 11.4. The molecular weight excluding hydrogens is 158 g/mol. The molecule has 0 aliphatic heterocycles. The Morgan fingerprint density at radius 2 is 2.36 bits per heavy atom. The van der Waals surface area contributed by atoms with Crippen LogP contribution in [0.2, 0.25) is 0 Å². The van der Waals surface area contributed by atoms with Crippen LogP contribution in [-0.4, -0.2) is 5.78 Å². The number of carbonyl (C=O) groups is 1. The van der Waals surface area contributed by atoms with Gasteiger partial charge in [0.15, 0.2) is 5.78 Å². The molecule has 0 bridgehead atoms. The third-order valence-electron chi connectivity index (χ3n) is 1.85. The second-order valence-electron chi connectivity index (χ2n) is 2.88. The number of nitrogen functional groups attached to an aromatic ring is 1. The molecule has 0 aromatic carbocycles. The highest BCUT2D eigenvalue weighted by Crippen LogP contribution is 2.33. The normalized spacial score (nSPS) is 16.7. The molecule has 0 atom stereocenters.